The second-order valence-corrected chi connectivity index (χ2v) is 16.9. The third-order valence-corrected chi connectivity index (χ3v) is 12.9. The topological polar surface area (TPSA) is 16.4 Å². The third kappa shape index (κ3) is 7.41. The van der Waals surface area contributed by atoms with Gasteiger partial charge in [-0.25, -0.2) is 0 Å². The number of para-hydroxylation sites is 1. The summed E-state index contributed by atoms with van der Waals surface area (Å²) in [6.07, 6.45) is 0. The van der Waals surface area contributed by atoms with E-state index in [1.54, 1.807) is 0 Å². The van der Waals surface area contributed by atoms with Gasteiger partial charge >= 0.3 is 0 Å². The van der Waals surface area contributed by atoms with Crippen LogP contribution in [0.5, 0.6) is 0 Å². The summed E-state index contributed by atoms with van der Waals surface area (Å²) in [6, 6.07) is 93.8. The highest BCUT2D eigenvalue weighted by Gasteiger charge is 2.17. The summed E-state index contributed by atoms with van der Waals surface area (Å²) in [5.41, 5.74) is 16.9. The average Bonchev–Trinajstić information content (AvgIpc) is 3.84. The largest absolute Gasteiger partial charge is 0.456 e. The minimum absolute atomic E-state index is 0.857. The normalized spacial score (nSPS) is 11.3. The zero-order valence-corrected chi connectivity index (χ0v) is 36.2. The molecule has 1 aromatic heterocycles. The van der Waals surface area contributed by atoms with Crippen LogP contribution >= 0.6 is 0 Å². The van der Waals surface area contributed by atoms with Crippen molar-refractivity contribution in [3.8, 4) is 67.0 Å². The van der Waals surface area contributed by atoms with Gasteiger partial charge in [0.15, 0.2) is 0 Å². The second-order valence-electron chi connectivity index (χ2n) is 16.9. The van der Waals surface area contributed by atoms with Gasteiger partial charge in [0.05, 0.1) is 0 Å². The lowest BCUT2D eigenvalue weighted by Gasteiger charge is -2.26. The average molecular weight is 842 g/mol. The maximum absolute atomic E-state index is 6.48. The second kappa shape index (κ2) is 16.8. The quantitative estimate of drug-likeness (QED) is 0.135. The summed E-state index contributed by atoms with van der Waals surface area (Å²) >= 11 is 0. The Labute approximate surface area is 384 Å². The first-order chi connectivity index (χ1) is 32.7. The Morgan fingerprint density at radius 1 is 0.242 bits per heavy atom. The SMILES string of the molecule is c1ccc(-c2ccc(-c3ccc(N(c4ccc(-c5ccc(-c6ccccc6)c(-c6cc7ccccc7o6)c5)cc4)c4ccc(-c5ccc6c(ccc7ccccc76)c5)cc4)cc3)cc2)cc1. The lowest BCUT2D eigenvalue weighted by molar-refractivity contribution is 0.632. The molecule has 0 saturated carbocycles. The van der Waals surface area contributed by atoms with E-state index < -0.39 is 0 Å². The minimum atomic E-state index is 0.857. The molecule has 0 saturated heterocycles. The van der Waals surface area contributed by atoms with Gasteiger partial charge in [0.25, 0.3) is 0 Å². The van der Waals surface area contributed by atoms with Gasteiger partial charge in [0, 0.05) is 28.0 Å². The van der Waals surface area contributed by atoms with Gasteiger partial charge in [0.2, 0.25) is 0 Å². The Balaban J connectivity index is 0.903. The van der Waals surface area contributed by atoms with E-state index in [4.69, 9.17) is 4.42 Å². The Kier molecular flexibility index (Phi) is 9.89. The van der Waals surface area contributed by atoms with Crippen molar-refractivity contribution in [2.45, 2.75) is 0 Å². The Morgan fingerprint density at radius 2 is 0.667 bits per heavy atom. The van der Waals surface area contributed by atoms with Crippen LogP contribution in [0.4, 0.5) is 17.1 Å². The summed E-state index contributed by atoms with van der Waals surface area (Å²) in [7, 11) is 0. The molecule has 0 fully saturated rings. The molecule has 1 heterocycles. The van der Waals surface area contributed by atoms with Crippen LogP contribution in [0.2, 0.25) is 0 Å². The number of anilines is 3. The molecule has 0 unspecified atom stereocenters. The van der Waals surface area contributed by atoms with E-state index in [9.17, 15) is 0 Å². The van der Waals surface area contributed by atoms with Crippen LogP contribution in [0, 0.1) is 0 Å². The molecule has 0 spiro atoms. The molecule has 0 amide bonds. The van der Waals surface area contributed by atoms with Crippen molar-refractivity contribution >= 4 is 49.6 Å². The van der Waals surface area contributed by atoms with Crippen molar-refractivity contribution in [3.05, 3.63) is 261 Å². The molecule has 12 aromatic rings. The van der Waals surface area contributed by atoms with Gasteiger partial charge in [-0.1, -0.05) is 200 Å². The monoisotopic (exact) mass is 841 g/mol. The zero-order valence-electron chi connectivity index (χ0n) is 36.2. The highest BCUT2D eigenvalue weighted by atomic mass is 16.3. The molecule has 12 rings (SSSR count). The van der Waals surface area contributed by atoms with Crippen molar-refractivity contribution < 1.29 is 4.42 Å². The molecule has 11 aromatic carbocycles. The van der Waals surface area contributed by atoms with E-state index >= 15 is 0 Å². The highest BCUT2D eigenvalue weighted by Crippen LogP contribution is 2.41. The van der Waals surface area contributed by atoms with E-state index in [2.05, 4.69) is 254 Å². The molecule has 66 heavy (non-hydrogen) atoms. The van der Waals surface area contributed by atoms with Gasteiger partial charge in [-0.3, -0.25) is 0 Å². The number of fused-ring (bicyclic) bond motifs is 4. The Morgan fingerprint density at radius 3 is 1.27 bits per heavy atom. The first-order valence-electron chi connectivity index (χ1n) is 22.6. The van der Waals surface area contributed by atoms with Gasteiger partial charge in [-0.2, -0.15) is 0 Å². The molecule has 0 aliphatic rings. The number of rotatable bonds is 9. The van der Waals surface area contributed by atoms with Gasteiger partial charge in [-0.15, -0.1) is 0 Å². The van der Waals surface area contributed by atoms with E-state index in [1.165, 1.54) is 54.9 Å². The van der Waals surface area contributed by atoms with Crippen LogP contribution in [0.1, 0.15) is 0 Å². The summed E-state index contributed by atoms with van der Waals surface area (Å²) in [6.45, 7) is 0. The zero-order chi connectivity index (χ0) is 43.8. The molecule has 0 aliphatic carbocycles. The number of furan rings is 1. The number of hydrogen-bond donors (Lipinski definition) is 0. The number of nitrogens with zero attached hydrogens (tertiary/aromatic N) is 1. The molecular weight excluding hydrogens is 799 g/mol. The van der Waals surface area contributed by atoms with Crippen LogP contribution in [-0.2, 0) is 0 Å². The fraction of sp³-hybridized carbons (Fsp3) is 0. The Bertz CT molecular complexity index is 3610. The van der Waals surface area contributed by atoms with Gasteiger partial charge in [-0.05, 0) is 138 Å². The molecule has 0 atom stereocenters. The van der Waals surface area contributed by atoms with Crippen molar-refractivity contribution in [2.24, 2.45) is 0 Å². The maximum Gasteiger partial charge on any atom is 0.136 e. The third-order valence-electron chi connectivity index (χ3n) is 12.9. The van der Waals surface area contributed by atoms with Crippen LogP contribution in [0.3, 0.4) is 0 Å². The molecule has 0 N–H and O–H groups in total. The fourth-order valence-electron chi connectivity index (χ4n) is 9.45. The smallest absolute Gasteiger partial charge is 0.136 e. The predicted molar refractivity (Wildman–Crippen MR) is 279 cm³/mol. The lowest BCUT2D eigenvalue weighted by atomic mass is 9.93. The molecule has 2 heteroatoms. The van der Waals surface area contributed by atoms with Crippen LogP contribution < -0.4 is 4.90 Å². The number of benzene rings is 11. The van der Waals surface area contributed by atoms with E-state index in [-0.39, 0.29) is 0 Å². The van der Waals surface area contributed by atoms with Gasteiger partial charge < -0.3 is 9.32 Å². The van der Waals surface area contributed by atoms with Crippen LogP contribution in [0.25, 0.3) is 99.5 Å². The first-order valence-corrected chi connectivity index (χ1v) is 22.6. The molecule has 0 aliphatic heterocycles. The summed E-state index contributed by atoms with van der Waals surface area (Å²) < 4.78 is 6.48. The molecule has 2 nitrogen and oxygen atoms in total. The highest BCUT2D eigenvalue weighted by molar-refractivity contribution is 6.08. The predicted octanol–water partition coefficient (Wildman–Crippen LogP) is 18.2. The minimum Gasteiger partial charge on any atom is -0.456 e. The molecule has 310 valence electrons. The van der Waals surface area contributed by atoms with Crippen molar-refractivity contribution in [3.63, 3.8) is 0 Å². The van der Waals surface area contributed by atoms with Crippen molar-refractivity contribution in [1.82, 2.24) is 0 Å². The van der Waals surface area contributed by atoms with E-state index in [1.807, 2.05) is 12.1 Å². The first kappa shape index (κ1) is 38.9. The summed E-state index contributed by atoms with van der Waals surface area (Å²) in [5, 5.41) is 6.15. The van der Waals surface area contributed by atoms with E-state index in [0.717, 1.165) is 61.6 Å². The fourth-order valence-corrected chi connectivity index (χ4v) is 9.45. The lowest BCUT2D eigenvalue weighted by Crippen LogP contribution is -2.09. The van der Waals surface area contributed by atoms with Crippen LogP contribution in [0.15, 0.2) is 265 Å². The van der Waals surface area contributed by atoms with Gasteiger partial charge in [0.1, 0.15) is 11.3 Å². The summed E-state index contributed by atoms with van der Waals surface area (Å²) in [4.78, 5) is 2.35. The maximum atomic E-state index is 6.48. The van der Waals surface area contributed by atoms with E-state index in [0.29, 0.717) is 0 Å². The summed E-state index contributed by atoms with van der Waals surface area (Å²) in [5.74, 6) is 0.857. The number of hydrogen-bond acceptors (Lipinski definition) is 2. The van der Waals surface area contributed by atoms with Crippen molar-refractivity contribution in [1.29, 1.82) is 0 Å². The molecule has 0 bridgehead atoms. The molecule has 0 radical (unpaired) electrons. The Hall–Kier alpha value is -8.72. The van der Waals surface area contributed by atoms with Crippen LogP contribution in [-0.4, -0.2) is 0 Å². The van der Waals surface area contributed by atoms with Crippen molar-refractivity contribution in [2.75, 3.05) is 4.90 Å². The molecular formula is C64H43NO. The standard InChI is InChI=1S/C64H43NO/c1-3-11-44(12-4-1)45-19-21-46(22-20-45)47-25-33-56(34-26-47)65(57-35-27-48(28-36-57)52-31-40-61-54(41-52)24-23-51-15-7-9-17-59(51)61)58-37-29-49(30-38-58)53-32-39-60(50-13-5-2-6-14-50)62(42-53)64-43-55-16-8-10-18-63(55)66-64/h1-43H.